The van der Waals surface area contributed by atoms with Gasteiger partial charge in [0.25, 0.3) is 0 Å². The van der Waals surface area contributed by atoms with Crippen LogP contribution in [0, 0.1) is 6.92 Å². The minimum Gasteiger partial charge on any atom is -0.379 e. The van der Waals surface area contributed by atoms with E-state index in [1.807, 2.05) is 47.1 Å². The molecule has 1 atom stereocenters. The van der Waals surface area contributed by atoms with Crippen molar-refractivity contribution in [2.75, 3.05) is 10.6 Å². The second-order valence-electron chi connectivity index (χ2n) is 6.99. The first-order valence-electron chi connectivity index (χ1n) is 9.42. The van der Waals surface area contributed by atoms with Crippen molar-refractivity contribution in [2.24, 2.45) is 0 Å². The number of carbonyl (C=O) groups is 1. The smallest absolute Gasteiger partial charge is 0.233 e. The Morgan fingerprint density at radius 3 is 2.74 bits per heavy atom. The minimum atomic E-state index is -0.148. The zero-order valence-corrected chi connectivity index (χ0v) is 15.5. The number of nitrogens with one attached hydrogen (secondary N) is 2. The number of anilines is 2. The van der Waals surface area contributed by atoms with E-state index in [2.05, 4.69) is 34.8 Å². The lowest BCUT2D eigenvalue weighted by Crippen LogP contribution is -2.27. The standard InChI is InChI=1S/C22H24N4O/c1-16-7-2-3-8-17(16)15-23-19-10-4-5-11-20(19)25-22(27)18-9-6-14-26-21(18)12-13-24-26/h2-5,7-8,10-13,18,23H,6,9,14-15H2,1H3,(H,25,27). The molecule has 0 saturated carbocycles. The molecule has 0 bridgehead atoms. The molecule has 1 unspecified atom stereocenters. The molecule has 0 saturated heterocycles. The maximum Gasteiger partial charge on any atom is 0.233 e. The summed E-state index contributed by atoms with van der Waals surface area (Å²) in [7, 11) is 0. The van der Waals surface area contributed by atoms with E-state index in [1.165, 1.54) is 11.1 Å². The number of amides is 1. The summed E-state index contributed by atoms with van der Waals surface area (Å²) >= 11 is 0. The largest absolute Gasteiger partial charge is 0.379 e. The molecule has 0 spiro atoms. The predicted octanol–water partition coefficient (Wildman–Crippen LogP) is 4.32. The molecule has 0 fully saturated rings. The lowest BCUT2D eigenvalue weighted by Gasteiger charge is -2.23. The van der Waals surface area contributed by atoms with Crippen molar-refractivity contribution in [2.45, 2.75) is 38.8 Å². The number of hydrogen-bond acceptors (Lipinski definition) is 3. The molecular formula is C22H24N4O. The van der Waals surface area contributed by atoms with E-state index in [0.717, 1.165) is 43.0 Å². The van der Waals surface area contributed by atoms with Gasteiger partial charge >= 0.3 is 0 Å². The van der Waals surface area contributed by atoms with Gasteiger partial charge in [-0.2, -0.15) is 5.10 Å². The highest BCUT2D eigenvalue weighted by Crippen LogP contribution is 2.29. The quantitative estimate of drug-likeness (QED) is 0.712. The lowest BCUT2D eigenvalue weighted by atomic mass is 9.95. The Kier molecular flexibility index (Phi) is 4.92. The zero-order chi connectivity index (χ0) is 18.6. The van der Waals surface area contributed by atoms with Gasteiger partial charge in [-0.25, -0.2) is 0 Å². The molecular weight excluding hydrogens is 336 g/mol. The number of carbonyl (C=O) groups excluding carboxylic acids is 1. The molecule has 0 aliphatic carbocycles. The molecule has 1 amide bonds. The fraction of sp³-hybridized carbons (Fsp3) is 0.273. The molecule has 3 aromatic rings. The van der Waals surface area contributed by atoms with E-state index < -0.39 is 0 Å². The van der Waals surface area contributed by atoms with Crippen molar-refractivity contribution >= 4 is 17.3 Å². The number of aromatic nitrogens is 2. The third-order valence-electron chi connectivity index (χ3n) is 5.20. The second-order valence-corrected chi connectivity index (χ2v) is 6.99. The number of nitrogens with zero attached hydrogens (tertiary/aromatic N) is 2. The lowest BCUT2D eigenvalue weighted by molar-refractivity contribution is -0.118. The zero-order valence-electron chi connectivity index (χ0n) is 15.5. The molecule has 1 aliphatic rings. The molecule has 2 N–H and O–H groups in total. The van der Waals surface area contributed by atoms with Crippen molar-refractivity contribution in [3.63, 3.8) is 0 Å². The number of rotatable bonds is 5. The molecule has 2 aromatic carbocycles. The topological polar surface area (TPSA) is 58.9 Å². The van der Waals surface area contributed by atoms with Crippen LogP contribution in [0.25, 0.3) is 0 Å². The summed E-state index contributed by atoms with van der Waals surface area (Å²) < 4.78 is 1.94. The fourth-order valence-electron chi connectivity index (χ4n) is 3.65. The maximum absolute atomic E-state index is 12.9. The third-order valence-corrected chi connectivity index (χ3v) is 5.20. The molecule has 5 nitrogen and oxygen atoms in total. The monoisotopic (exact) mass is 360 g/mol. The first-order valence-corrected chi connectivity index (χ1v) is 9.42. The van der Waals surface area contributed by atoms with E-state index in [9.17, 15) is 4.79 Å². The summed E-state index contributed by atoms with van der Waals surface area (Å²) in [5.74, 6) is -0.118. The van der Waals surface area contributed by atoms with Crippen LogP contribution in [0.2, 0.25) is 0 Å². The van der Waals surface area contributed by atoms with Crippen LogP contribution in [0.1, 0.15) is 35.6 Å². The van der Waals surface area contributed by atoms with Gasteiger partial charge in [-0.1, -0.05) is 36.4 Å². The Hall–Kier alpha value is -3.08. The normalized spacial score (nSPS) is 15.8. The van der Waals surface area contributed by atoms with Gasteiger partial charge in [-0.05, 0) is 49.1 Å². The number of para-hydroxylation sites is 2. The van der Waals surface area contributed by atoms with Crippen LogP contribution >= 0.6 is 0 Å². The molecule has 138 valence electrons. The average Bonchev–Trinajstić information content (AvgIpc) is 3.17. The molecule has 27 heavy (non-hydrogen) atoms. The number of hydrogen-bond donors (Lipinski definition) is 2. The molecule has 1 aliphatic heterocycles. The number of aryl methyl sites for hydroxylation is 2. The van der Waals surface area contributed by atoms with Crippen molar-refractivity contribution in [3.05, 3.63) is 77.6 Å². The predicted molar refractivity (Wildman–Crippen MR) is 108 cm³/mol. The van der Waals surface area contributed by atoms with Crippen molar-refractivity contribution in [1.82, 2.24) is 9.78 Å². The molecule has 4 rings (SSSR count). The summed E-state index contributed by atoms with van der Waals surface area (Å²) in [4.78, 5) is 12.9. The third kappa shape index (κ3) is 3.72. The first kappa shape index (κ1) is 17.3. The van der Waals surface area contributed by atoms with Crippen molar-refractivity contribution in [1.29, 1.82) is 0 Å². The van der Waals surface area contributed by atoms with Gasteiger partial charge < -0.3 is 10.6 Å². The average molecular weight is 360 g/mol. The van der Waals surface area contributed by atoms with Crippen LogP contribution in [0.4, 0.5) is 11.4 Å². The SMILES string of the molecule is Cc1ccccc1CNc1ccccc1NC(=O)C1CCCn2nccc21. The summed E-state index contributed by atoms with van der Waals surface area (Å²) in [6.07, 6.45) is 3.61. The van der Waals surface area contributed by atoms with E-state index in [-0.39, 0.29) is 11.8 Å². The van der Waals surface area contributed by atoms with Gasteiger partial charge in [0.2, 0.25) is 5.91 Å². The Morgan fingerprint density at radius 2 is 1.89 bits per heavy atom. The summed E-state index contributed by atoms with van der Waals surface area (Å²) in [5, 5.41) is 10.9. The molecule has 5 heteroatoms. The van der Waals surface area contributed by atoms with Gasteiger partial charge in [0.05, 0.1) is 23.0 Å². The maximum atomic E-state index is 12.9. The van der Waals surface area contributed by atoms with Crippen LogP contribution in [0.5, 0.6) is 0 Å². The number of fused-ring (bicyclic) bond motifs is 1. The van der Waals surface area contributed by atoms with E-state index in [4.69, 9.17) is 0 Å². The Bertz CT molecular complexity index is 947. The molecule has 1 aromatic heterocycles. The fourth-order valence-corrected chi connectivity index (χ4v) is 3.65. The highest BCUT2D eigenvalue weighted by molar-refractivity contribution is 5.98. The van der Waals surface area contributed by atoms with Crippen LogP contribution in [-0.2, 0) is 17.9 Å². The molecule has 0 radical (unpaired) electrons. The van der Waals surface area contributed by atoms with Gasteiger partial charge in [-0.3, -0.25) is 9.48 Å². The van der Waals surface area contributed by atoms with E-state index in [0.29, 0.717) is 0 Å². The van der Waals surface area contributed by atoms with Gasteiger partial charge in [0.1, 0.15) is 0 Å². The van der Waals surface area contributed by atoms with Crippen molar-refractivity contribution in [3.8, 4) is 0 Å². The van der Waals surface area contributed by atoms with Crippen LogP contribution in [0.3, 0.4) is 0 Å². The van der Waals surface area contributed by atoms with Crippen molar-refractivity contribution < 1.29 is 4.79 Å². The van der Waals surface area contributed by atoms with E-state index in [1.54, 1.807) is 6.20 Å². The van der Waals surface area contributed by atoms with Gasteiger partial charge in [0.15, 0.2) is 0 Å². The summed E-state index contributed by atoms with van der Waals surface area (Å²) in [6, 6.07) is 18.1. The van der Waals surface area contributed by atoms with Crippen LogP contribution in [0.15, 0.2) is 60.8 Å². The first-order chi connectivity index (χ1) is 13.2. The Morgan fingerprint density at radius 1 is 1.11 bits per heavy atom. The summed E-state index contributed by atoms with van der Waals surface area (Å²) in [6.45, 7) is 3.72. The highest BCUT2D eigenvalue weighted by Gasteiger charge is 2.27. The Balaban J connectivity index is 1.49. The van der Waals surface area contributed by atoms with E-state index >= 15 is 0 Å². The summed E-state index contributed by atoms with van der Waals surface area (Å²) in [5.41, 5.74) is 5.24. The van der Waals surface area contributed by atoms with Gasteiger partial charge in [0, 0.05) is 19.3 Å². The van der Waals surface area contributed by atoms with Crippen LogP contribution < -0.4 is 10.6 Å². The molecule has 2 heterocycles. The minimum absolute atomic E-state index is 0.0293. The number of benzene rings is 2. The highest BCUT2D eigenvalue weighted by atomic mass is 16.1. The Labute approximate surface area is 159 Å². The van der Waals surface area contributed by atoms with Crippen LogP contribution in [-0.4, -0.2) is 15.7 Å². The van der Waals surface area contributed by atoms with Gasteiger partial charge in [-0.15, -0.1) is 0 Å². The second kappa shape index (κ2) is 7.66.